The summed E-state index contributed by atoms with van der Waals surface area (Å²) in [7, 11) is 0. The molecule has 0 saturated carbocycles. The maximum Gasteiger partial charge on any atom is 0.230 e. The first kappa shape index (κ1) is 17.4. The van der Waals surface area contributed by atoms with Gasteiger partial charge in [-0.3, -0.25) is 4.79 Å². The molecule has 5 heteroatoms. The Morgan fingerprint density at radius 2 is 1.80 bits per heavy atom. The van der Waals surface area contributed by atoms with Crippen LogP contribution >= 0.6 is 11.8 Å². The summed E-state index contributed by atoms with van der Waals surface area (Å²) in [5.41, 5.74) is 1.13. The van der Waals surface area contributed by atoms with Crippen LogP contribution < -0.4 is 5.32 Å². The van der Waals surface area contributed by atoms with Crippen molar-refractivity contribution in [1.82, 2.24) is 15.5 Å². The van der Waals surface area contributed by atoms with E-state index in [1.165, 1.54) is 11.8 Å². The fourth-order valence-electron chi connectivity index (χ4n) is 2.75. The van der Waals surface area contributed by atoms with E-state index in [0.717, 1.165) is 21.4 Å². The molecule has 0 bridgehead atoms. The molecule has 0 saturated heterocycles. The maximum atomic E-state index is 12.5. The summed E-state index contributed by atoms with van der Waals surface area (Å²) in [4.78, 5) is 12.5. The molecule has 1 N–H and O–H groups in total. The van der Waals surface area contributed by atoms with E-state index in [-0.39, 0.29) is 11.9 Å². The van der Waals surface area contributed by atoms with Gasteiger partial charge in [0.15, 0.2) is 0 Å². The number of aromatic nitrogens is 2. The molecule has 0 fully saturated rings. The first-order valence-electron chi connectivity index (χ1n) is 8.32. The largest absolute Gasteiger partial charge is 0.348 e. The molecule has 0 aliphatic rings. The second-order valence-corrected chi connectivity index (χ2v) is 7.19. The molecule has 3 rings (SSSR count). The van der Waals surface area contributed by atoms with Crippen molar-refractivity contribution in [2.45, 2.75) is 24.9 Å². The Morgan fingerprint density at radius 1 is 1.08 bits per heavy atom. The monoisotopic (exact) mass is 351 g/mol. The lowest BCUT2D eigenvalue weighted by molar-refractivity contribution is -0.119. The third kappa shape index (κ3) is 4.37. The number of amides is 1. The fraction of sp³-hybridized carbons (Fsp3) is 0.250. The highest BCUT2D eigenvalue weighted by Gasteiger charge is 2.18. The van der Waals surface area contributed by atoms with Gasteiger partial charge in [0.05, 0.1) is 18.0 Å². The predicted octanol–water partition coefficient (Wildman–Crippen LogP) is 4.24. The highest BCUT2D eigenvalue weighted by Crippen LogP contribution is 2.25. The van der Waals surface area contributed by atoms with Gasteiger partial charge in [0, 0.05) is 10.8 Å². The Kier molecular flexibility index (Phi) is 5.66. The number of benzene rings is 2. The number of carbonyl (C=O) groups excluding carboxylic acids is 1. The maximum absolute atomic E-state index is 12.5. The summed E-state index contributed by atoms with van der Waals surface area (Å²) in [6, 6.07) is 18.0. The third-order valence-electron chi connectivity index (χ3n) is 4.02. The number of rotatable bonds is 6. The second kappa shape index (κ2) is 8.12. The van der Waals surface area contributed by atoms with E-state index in [9.17, 15) is 4.79 Å². The van der Waals surface area contributed by atoms with Crippen LogP contribution in [0.3, 0.4) is 0 Å². The number of thioether (sulfide) groups is 1. The molecule has 1 amide bonds. The zero-order valence-corrected chi connectivity index (χ0v) is 15.2. The van der Waals surface area contributed by atoms with Crippen LogP contribution in [0.25, 0.3) is 10.8 Å². The van der Waals surface area contributed by atoms with Crippen molar-refractivity contribution in [2.75, 3.05) is 5.75 Å². The molecule has 4 nitrogen and oxygen atoms in total. The number of fused-ring (bicyclic) bond motifs is 1. The summed E-state index contributed by atoms with van der Waals surface area (Å²) in [5, 5.41) is 14.2. The second-order valence-electron chi connectivity index (χ2n) is 6.23. The summed E-state index contributed by atoms with van der Waals surface area (Å²) >= 11 is 1.42. The van der Waals surface area contributed by atoms with Crippen LogP contribution in [-0.4, -0.2) is 21.9 Å². The fourth-order valence-corrected chi connectivity index (χ4v) is 3.55. The Balaban J connectivity index is 1.67. The number of carbonyl (C=O) groups is 1. The van der Waals surface area contributed by atoms with E-state index in [4.69, 9.17) is 0 Å². The van der Waals surface area contributed by atoms with E-state index >= 15 is 0 Å². The number of hydrogen-bond donors (Lipinski definition) is 1. The molecule has 1 aromatic heterocycles. The summed E-state index contributed by atoms with van der Waals surface area (Å²) in [6.45, 7) is 4.22. The zero-order chi connectivity index (χ0) is 17.6. The molecule has 2 aromatic carbocycles. The van der Waals surface area contributed by atoms with Crippen molar-refractivity contribution < 1.29 is 4.79 Å². The number of nitrogens with one attached hydrogen (secondary N) is 1. The molecule has 1 heterocycles. The first-order chi connectivity index (χ1) is 12.1. The van der Waals surface area contributed by atoms with Crippen LogP contribution in [-0.2, 0) is 4.79 Å². The van der Waals surface area contributed by atoms with Gasteiger partial charge in [0.2, 0.25) is 5.91 Å². The van der Waals surface area contributed by atoms with Gasteiger partial charge < -0.3 is 5.32 Å². The minimum absolute atomic E-state index is 0.00212. The lowest BCUT2D eigenvalue weighted by Crippen LogP contribution is -2.33. The van der Waals surface area contributed by atoms with Gasteiger partial charge in [0.25, 0.3) is 0 Å². The highest BCUT2D eigenvalue weighted by molar-refractivity contribution is 8.00. The summed E-state index contributed by atoms with van der Waals surface area (Å²) < 4.78 is 0. The van der Waals surface area contributed by atoms with Gasteiger partial charge in [0.1, 0.15) is 5.03 Å². The molecular weight excluding hydrogens is 330 g/mol. The van der Waals surface area contributed by atoms with Crippen LogP contribution in [0, 0.1) is 5.92 Å². The van der Waals surface area contributed by atoms with Crippen LogP contribution in [0.2, 0.25) is 0 Å². The Hall–Kier alpha value is -2.40. The van der Waals surface area contributed by atoms with E-state index < -0.39 is 0 Å². The molecule has 0 spiro atoms. The topological polar surface area (TPSA) is 54.9 Å². The van der Waals surface area contributed by atoms with Crippen molar-refractivity contribution in [2.24, 2.45) is 5.92 Å². The van der Waals surface area contributed by atoms with Crippen molar-refractivity contribution in [3.05, 3.63) is 66.4 Å². The van der Waals surface area contributed by atoms with Crippen LogP contribution in [0.4, 0.5) is 0 Å². The standard InChI is InChI=1S/C20H21N3OS/c1-14(2)19(15-8-4-3-5-9-15)22-18(24)13-25-20-17-11-7-6-10-16(17)12-21-23-20/h3-12,14,19H,13H2,1-2H3,(H,22,24). The van der Waals surface area contributed by atoms with Crippen molar-refractivity contribution in [3.63, 3.8) is 0 Å². The van der Waals surface area contributed by atoms with E-state index in [1.54, 1.807) is 6.20 Å². The Bertz CT molecular complexity index is 846. The summed E-state index contributed by atoms with van der Waals surface area (Å²) in [5.74, 6) is 0.634. The number of hydrogen-bond acceptors (Lipinski definition) is 4. The van der Waals surface area contributed by atoms with E-state index in [2.05, 4.69) is 29.4 Å². The lowest BCUT2D eigenvalue weighted by atomic mass is 9.96. The smallest absolute Gasteiger partial charge is 0.230 e. The predicted molar refractivity (Wildman–Crippen MR) is 102 cm³/mol. The minimum Gasteiger partial charge on any atom is -0.348 e. The molecular formula is C20H21N3OS. The van der Waals surface area contributed by atoms with Gasteiger partial charge >= 0.3 is 0 Å². The van der Waals surface area contributed by atoms with Crippen LogP contribution in [0.15, 0.2) is 65.8 Å². The van der Waals surface area contributed by atoms with E-state index in [1.807, 2.05) is 54.6 Å². The molecule has 128 valence electrons. The van der Waals surface area contributed by atoms with Crippen LogP contribution in [0.5, 0.6) is 0 Å². The van der Waals surface area contributed by atoms with Gasteiger partial charge in [-0.05, 0) is 11.5 Å². The van der Waals surface area contributed by atoms with Crippen molar-refractivity contribution >= 4 is 28.4 Å². The van der Waals surface area contributed by atoms with Gasteiger partial charge in [-0.2, -0.15) is 5.10 Å². The lowest BCUT2D eigenvalue weighted by Gasteiger charge is -2.22. The van der Waals surface area contributed by atoms with Crippen molar-refractivity contribution in [1.29, 1.82) is 0 Å². The summed E-state index contributed by atoms with van der Waals surface area (Å²) in [6.07, 6.45) is 1.74. The molecule has 1 unspecified atom stereocenters. The van der Waals surface area contributed by atoms with Gasteiger partial charge in [-0.1, -0.05) is 80.2 Å². The molecule has 0 aliphatic carbocycles. The van der Waals surface area contributed by atoms with Gasteiger partial charge in [-0.25, -0.2) is 0 Å². The van der Waals surface area contributed by atoms with Gasteiger partial charge in [-0.15, -0.1) is 5.10 Å². The quantitative estimate of drug-likeness (QED) is 0.675. The molecule has 3 aromatic rings. The van der Waals surface area contributed by atoms with Crippen molar-refractivity contribution in [3.8, 4) is 0 Å². The molecule has 0 radical (unpaired) electrons. The average molecular weight is 351 g/mol. The first-order valence-corrected chi connectivity index (χ1v) is 9.31. The highest BCUT2D eigenvalue weighted by atomic mass is 32.2. The third-order valence-corrected chi connectivity index (χ3v) is 5.00. The molecule has 1 atom stereocenters. The zero-order valence-electron chi connectivity index (χ0n) is 14.3. The van der Waals surface area contributed by atoms with E-state index in [0.29, 0.717) is 11.7 Å². The minimum atomic E-state index is 0.00212. The SMILES string of the molecule is CC(C)C(NC(=O)CSc1nncc2ccccc12)c1ccccc1. The molecule has 25 heavy (non-hydrogen) atoms. The average Bonchev–Trinajstić information content (AvgIpc) is 2.65. The molecule has 0 aliphatic heterocycles. The normalized spacial score (nSPS) is 12.3. The number of nitrogens with zero attached hydrogens (tertiary/aromatic N) is 2. The Labute approximate surface area is 152 Å². The van der Waals surface area contributed by atoms with Crippen LogP contribution in [0.1, 0.15) is 25.5 Å². The Morgan fingerprint density at radius 3 is 2.56 bits per heavy atom.